The molecule has 0 aliphatic carbocycles. The predicted molar refractivity (Wildman–Crippen MR) is 91.4 cm³/mol. The van der Waals surface area contributed by atoms with Gasteiger partial charge in [-0.1, -0.05) is 36.4 Å². The van der Waals surface area contributed by atoms with E-state index in [-0.39, 0.29) is 0 Å². The fourth-order valence-electron chi connectivity index (χ4n) is 2.81. The van der Waals surface area contributed by atoms with Gasteiger partial charge in [0.05, 0.1) is 5.69 Å². The molecule has 4 heteroatoms. The summed E-state index contributed by atoms with van der Waals surface area (Å²) in [5, 5.41) is 5.79. The van der Waals surface area contributed by atoms with Crippen LogP contribution in [-0.4, -0.2) is 9.78 Å². The Labute approximate surface area is 134 Å². The number of hydrogen-bond acceptors (Lipinski definition) is 3. The van der Waals surface area contributed by atoms with E-state index in [2.05, 4.69) is 13.0 Å². The van der Waals surface area contributed by atoms with Gasteiger partial charge in [0.2, 0.25) is 0 Å². The molecule has 0 aliphatic rings. The van der Waals surface area contributed by atoms with Gasteiger partial charge in [0.1, 0.15) is 11.3 Å². The third kappa shape index (κ3) is 2.33. The summed E-state index contributed by atoms with van der Waals surface area (Å²) in [6.45, 7) is 2.48. The third-order valence-electron chi connectivity index (χ3n) is 4.03. The molecule has 0 saturated carbocycles. The van der Waals surface area contributed by atoms with Crippen LogP contribution in [-0.2, 0) is 6.54 Å². The molecule has 0 atom stereocenters. The maximum atomic E-state index is 5.94. The standard InChI is InChI=1S/C19H17N3O/c1-13-6-2-4-8-16(13)22-12-15(11-20)19(21-22)18-10-14-7-3-5-9-17(14)23-18/h2-10,12H,11,20H2,1H3. The Kier molecular flexibility index (Phi) is 3.24. The summed E-state index contributed by atoms with van der Waals surface area (Å²) in [7, 11) is 0. The van der Waals surface area contributed by atoms with Gasteiger partial charge in [0.25, 0.3) is 0 Å². The van der Waals surface area contributed by atoms with Gasteiger partial charge >= 0.3 is 0 Å². The van der Waals surface area contributed by atoms with E-state index in [1.807, 2.05) is 59.4 Å². The Morgan fingerprint density at radius 1 is 1.09 bits per heavy atom. The van der Waals surface area contributed by atoms with Gasteiger partial charge in [-0.15, -0.1) is 0 Å². The number of hydrogen-bond donors (Lipinski definition) is 1. The van der Waals surface area contributed by atoms with Crippen LogP contribution in [0.3, 0.4) is 0 Å². The van der Waals surface area contributed by atoms with Crippen LogP contribution < -0.4 is 5.73 Å². The SMILES string of the molecule is Cc1ccccc1-n1cc(CN)c(-c2cc3ccccc3o2)n1. The first-order chi connectivity index (χ1) is 11.3. The van der Waals surface area contributed by atoms with Crippen LogP contribution in [0.4, 0.5) is 0 Å². The van der Waals surface area contributed by atoms with Crippen LogP contribution in [0.5, 0.6) is 0 Å². The number of furan rings is 1. The molecular weight excluding hydrogens is 286 g/mol. The lowest BCUT2D eigenvalue weighted by Crippen LogP contribution is -1.97. The molecule has 23 heavy (non-hydrogen) atoms. The van der Waals surface area contributed by atoms with Gasteiger partial charge in [-0.25, -0.2) is 4.68 Å². The molecule has 114 valence electrons. The largest absolute Gasteiger partial charge is 0.454 e. The lowest BCUT2D eigenvalue weighted by atomic mass is 10.2. The van der Waals surface area contributed by atoms with Crippen molar-refractivity contribution in [2.75, 3.05) is 0 Å². The zero-order valence-corrected chi connectivity index (χ0v) is 12.9. The smallest absolute Gasteiger partial charge is 0.156 e. The maximum absolute atomic E-state index is 5.94. The predicted octanol–water partition coefficient (Wildman–Crippen LogP) is 4.05. The molecular formula is C19H17N3O. The molecule has 0 fully saturated rings. The Bertz CT molecular complexity index is 948. The normalized spacial score (nSPS) is 11.2. The van der Waals surface area contributed by atoms with Gasteiger partial charge in [0.15, 0.2) is 5.76 Å². The van der Waals surface area contributed by atoms with Gasteiger partial charge in [0, 0.05) is 23.7 Å². The van der Waals surface area contributed by atoms with E-state index >= 15 is 0 Å². The first-order valence-corrected chi connectivity index (χ1v) is 7.60. The van der Waals surface area contributed by atoms with Crippen LogP contribution >= 0.6 is 0 Å². The minimum absolute atomic E-state index is 0.415. The van der Waals surface area contributed by atoms with Crippen molar-refractivity contribution in [2.24, 2.45) is 5.73 Å². The number of aromatic nitrogens is 2. The second kappa shape index (κ2) is 5.41. The molecule has 4 nitrogen and oxygen atoms in total. The molecule has 0 unspecified atom stereocenters. The second-order valence-electron chi connectivity index (χ2n) is 5.59. The fraction of sp³-hybridized carbons (Fsp3) is 0.105. The van der Waals surface area contributed by atoms with Gasteiger partial charge in [-0.05, 0) is 30.7 Å². The summed E-state index contributed by atoms with van der Waals surface area (Å²) in [4.78, 5) is 0. The number of aryl methyl sites for hydroxylation is 1. The van der Waals surface area contributed by atoms with Crippen molar-refractivity contribution >= 4 is 11.0 Å². The number of nitrogens with two attached hydrogens (primary N) is 1. The second-order valence-corrected chi connectivity index (χ2v) is 5.59. The molecule has 0 spiro atoms. The first kappa shape index (κ1) is 13.8. The molecule has 0 amide bonds. The lowest BCUT2D eigenvalue weighted by Gasteiger charge is -2.04. The highest BCUT2D eigenvalue weighted by atomic mass is 16.3. The summed E-state index contributed by atoms with van der Waals surface area (Å²) in [6, 6.07) is 18.1. The molecule has 0 aliphatic heterocycles. The molecule has 4 aromatic rings. The van der Waals surface area contributed by atoms with Crippen LogP contribution in [0.2, 0.25) is 0 Å². The van der Waals surface area contributed by atoms with Gasteiger partial charge in [-0.3, -0.25) is 0 Å². The quantitative estimate of drug-likeness (QED) is 0.621. The summed E-state index contributed by atoms with van der Waals surface area (Å²) >= 11 is 0. The molecule has 0 saturated heterocycles. The summed E-state index contributed by atoms with van der Waals surface area (Å²) in [5.41, 5.74) is 10.7. The monoisotopic (exact) mass is 303 g/mol. The summed E-state index contributed by atoms with van der Waals surface area (Å²) < 4.78 is 7.82. The molecule has 2 aromatic heterocycles. The van der Waals surface area contributed by atoms with Crippen molar-refractivity contribution < 1.29 is 4.42 Å². The molecule has 0 bridgehead atoms. The van der Waals surface area contributed by atoms with Crippen LogP contribution in [0.1, 0.15) is 11.1 Å². The van der Waals surface area contributed by atoms with E-state index < -0.39 is 0 Å². The first-order valence-electron chi connectivity index (χ1n) is 7.60. The van der Waals surface area contributed by atoms with Gasteiger partial charge < -0.3 is 10.2 Å². The molecule has 2 aromatic carbocycles. The van der Waals surface area contributed by atoms with E-state index in [4.69, 9.17) is 15.2 Å². The van der Waals surface area contributed by atoms with E-state index in [1.165, 1.54) is 0 Å². The van der Waals surface area contributed by atoms with Crippen LogP contribution in [0, 0.1) is 6.92 Å². The van der Waals surface area contributed by atoms with Crippen molar-refractivity contribution in [3.8, 4) is 17.1 Å². The minimum Gasteiger partial charge on any atom is -0.454 e. The minimum atomic E-state index is 0.415. The highest BCUT2D eigenvalue weighted by molar-refractivity contribution is 5.82. The molecule has 2 N–H and O–H groups in total. The summed E-state index contributed by atoms with van der Waals surface area (Å²) in [6.07, 6.45) is 1.98. The van der Waals surface area contributed by atoms with Crippen molar-refractivity contribution in [3.63, 3.8) is 0 Å². The number of fused-ring (bicyclic) bond motifs is 1. The van der Waals surface area contributed by atoms with Crippen molar-refractivity contribution in [2.45, 2.75) is 13.5 Å². The topological polar surface area (TPSA) is 57.0 Å². The fourth-order valence-corrected chi connectivity index (χ4v) is 2.81. The number of rotatable bonds is 3. The summed E-state index contributed by atoms with van der Waals surface area (Å²) in [5.74, 6) is 0.749. The third-order valence-corrected chi connectivity index (χ3v) is 4.03. The number of benzene rings is 2. The van der Waals surface area contributed by atoms with Crippen LogP contribution in [0.15, 0.2) is 65.2 Å². The zero-order chi connectivity index (χ0) is 15.8. The Balaban J connectivity index is 1.87. The lowest BCUT2D eigenvalue weighted by molar-refractivity contribution is 0.626. The number of para-hydroxylation sites is 2. The zero-order valence-electron chi connectivity index (χ0n) is 12.9. The maximum Gasteiger partial charge on any atom is 0.156 e. The van der Waals surface area contributed by atoms with Crippen molar-refractivity contribution in [3.05, 3.63) is 71.9 Å². The highest BCUT2D eigenvalue weighted by Gasteiger charge is 2.15. The van der Waals surface area contributed by atoms with Gasteiger partial charge in [-0.2, -0.15) is 5.10 Å². The van der Waals surface area contributed by atoms with Crippen LogP contribution in [0.25, 0.3) is 28.1 Å². The molecule has 0 radical (unpaired) electrons. The van der Waals surface area contributed by atoms with Crippen molar-refractivity contribution in [1.29, 1.82) is 0 Å². The van der Waals surface area contributed by atoms with Crippen molar-refractivity contribution in [1.82, 2.24) is 9.78 Å². The molecule has 4 rings (SSSR count). The van der Waals surface area contributed by atoms with E-state index in [0.717, 1.165) is 39.2 Å². The Hall–Kier alpha value is -2.85. The van der Waals surface area contributed by atoms with E-state index in [9.17, 15) is 0 Å². The number of nitrogens with zero attached hydrogens (tertiary/aromatic N) is 2. The Morgan fingerprint density at radius 2 is 1.87 bits per heavy atom. The Morgan fingerprint density at radius 3 is 2.65 bits per heavy atom. The van der Waals surface area contributed by atoms with E-state index in [0.29, 0.717) is 6.54 Å². The highest BCUT2D eigenvalue weighted by Crippen LogP contribution is 2.30. The van der Waals surface area contributed by atoms with E-state index in [1.54, 1.807) is 0 Å². The average Bonchev–Trinajstić information content (AvgIpc) is 3.18. The molecule has 2 heterocycles. The average molecular weight is 303 g/mol.